The van der Waals surface area contributed by atoms with Gasteiger partial charge in [-0.3, -0.25) is 4.90 Å². The third-order valence-electron chi connectivity index (χ3n) is 7.42. The molecule has 6 rings (SSSR count). The molecule has 0 amide bonds. The average molecular weight is 500 g/mol. The van der Waals surface area contributed by atoms with E-state index >= 15 is 4.39 Å². The van der Waals surface area contributed by atoms with Crippen molar-refractivity contribution in [3.63, 3.8) is 0 Å². The molecule has 8 nitrogen and oxygen atoms in total. The number of nitrogens with one attached hydrogen (secondary N) is 2. The molecule has 0 saturated carbocycles. The molecule has 2 aromatic heterocycles. The topological polar surface area (TPSA) is 101 Å². The van der Waals surface area contributed by atoms with Crippen LogP contribution in [0.15, 0.2) is 42.7 Å². The first-order valence-corrected chi connectivity index (χ1v) is 12.8. The Bertz CT molecular complexity index is 1470. The van der Waals surface area contributed by atoms with Crippen molar-refractivity contribution in [3.8, 4) is 17.0 Å². The number of pyridine rings is 1. The second kappa shape index (κ2) is 9.48. The summed E-state index contributed by atoms with van der Waals surface area (Å²) in [6, 6.07) is 10.6. The van der Waals surface area contributed by atoms with Gasteiger partial charge in [-0.25, -0.2) is 19.3 Å². The van der Waals surface area contributed by atoms with Crippen molar-refractivity contribution >= 4 is 33.9 Å². The van der Waals surface area contributed by atoms with Crippen molar-refractivity contribution in [2.75, 3.05) is 42.6 Å². The van der Waals surface area contributed by atoms with E-state index in [2.05, 4.69) is 61.7 Å². The third-order valence-corrected chi connectivity index (χ3v) is 7.42. The van der Waals surface area contributed by atoms with Crippen LogP contribution in [0.1, 0.15) is 36.9 Å². The van der Waals surface area contributed by atoms with Crippen LogP contribution >= 0.6 is 0 Å². The zero-order chi connectivity index (χ0) is 25.5. The first-order chi connectivity index (χ1) is 18.0. The van der Waals surface area contributed by atoms with Crippen LogP contribution in [-0.4, -0.2) is 46.1 Å². The monoisotopic (exact) mass is 499 g/mol. The molecule has 2 aliphatic rings. The van der Waals surface area contributed by atoms with Gasteiger partial charge in [-0.2, -0.15) is 0 Å². The van der Waals surface area contributed by atoms with Gasteiger partial charge in [0.05, 0.1) is 11.2 Å². The fourth-order valence-corrected chi connectivity index (χ4v) is 5.42. The Morgan fingerprint density at radius 2 is 2.03 bits per heavy atom. The highest BCUT2D eigenvalue weighted by Gasteiger charge is 2.24. The first-order valence-electron chi connectivity index (χ1n) is 12.8. The fourth-order valence-electron chi connectivity index (χ4n) is 5.42. The van der Waals surface area contributed by atoms with E-state index in [0.717, 1.165) is 30.0 Å². The van der Waals surface area contributed by atoms with Crippen molar-refractivity contribution in [1.82, 2.24) is 19.9 Å². The maximum Gasteiger partial charge on any atom is 0.237 e. The van der Waals surface area contributed by atoms with Crippen LogP contribution in [0.2, 0.25) is 0 Å². The molecule has 4 N–H and O–H groups in total. The highest BCUT2D eigenvalue weighted by atomic mass is 19.1. The maximum absolute atomic E-state index is 15.4. The molecular weight excluding hydrogens is 469 g/mol. The normalized spacial score (nSPS) is 17.3. The molecule has 190 valence electrons. The van der Waals surface area contributed by atoms with Gasteiger partial charge in [0.25, 0.3) is 0 Å². The van der Waals surface area contributed by atoms with Crippen LogP contribution in [0.4, 0.5) is 27.4 Å². The molecule has 4 aromatic rings. The number of nitrogens with zero attached hydrogens (tertiary/aromatic N) is 4. The number of fused-ring (bicyclic) bond motifs is 2. The number of benzene rings is 2. The number of hydrogen-bond donors (Lipinski definition) is 3. The summed E-state index contributed by atoms with van der Waals surface area (Å²) in [4.78, 5) is 16.0. The van der Waals surface area contributed by atoms with E-state index in [-0.39, 0.29) is 5.69 Å². The minimum atomic E-state index is -0.512. The quantitative estimate of drug-likeness (QED) is 0.313. The minimum absolute atomic E-state index is 0.0155. The van der Waals surface area contributed by atoms with E-state index in [4.69, 9.17) is 10.5 Å². The Balaban J connectivity index is 1.32. The van der Waals surface area contributed by atoms with Crippen LogP contribution in [0.25, 0.3) is 22.0 Å². The molecule has 2 aliphatic heterocycles. The third kappa shape index (κ3) is 4.19. The van der Waals surface area contributed by atoms with Crippen molar-refractivity contribution in [1.29, 1.82) is 0 Å². The number of ether oxygens (including phenoxy) is 1. The van der Waals surface area contributed by atoms with Crippen LogP contribution in [-0.2, 0) is 0 Å². The predicted octanol–water partition coefficient (Wildman–Crippen LogP) is 5.43. The largest absolute Gasteiger partial charge is 0.474 e. The second-order valence-corrected chi connectivity index (χ2v) is 9.56. The Morgan fingerprint density at radius 1 is 1.19 bits per heavy atom. The van der Waals surface area contributed by atoms with Gasteiger partial charge < -0.3 is 21.1 Å². The number of nitrogen functional groups attached to an aromatic ring is 1. The zero-order valence-corrected chi connectivity index (χ0v) is 21.0. The molecule has 0 bridgehead atoms. The molecule has 4 heterocycles. The summed E-state index contributed by atoms with van der Waals surface area (Å²) in [5.41, 5.74) is 11.6. The molecular formula is C28H30FN7O. The summed E-state index contributed by atoms with van der Waals surface area (Å²) in [6.07, 6.45) is 5.61. The number of nitrogens with two attached hydrogens (primary N) is 1. The van der Waals surface area contributed by atoms with Gasteiger partial charge >= 0.3 is 0 Å². The lowest BCUT2D eigenvalue weighted by Crippen LogP contribution is -2.22. The lowest BCUT2D eigenvalue weighted by Gasteiger charge is -2.23. The van der Waals surface area contributed by atoms with Gasteiger partial charge in [-0.05, 0) is 62.2 Å². The van der Waals surface area contributed by atoms with E-state index in [1.54, 1.807) is 18.5 Å². The van der Waals surface area contributed by atoms with Crippen molar-refractivity contribution in [2.24, 2.45) is 0 Å². The Kier molecular flexibility index (Phi) is 6.00. The summed E-state index contributed by atoms with van der Waals surface area (Å²) in [7, 11) is 0. The maximum atomic E-state index is 15.4. The summed E-state index contributed by atoms with van der Waals surface area (Å²) in [6.45, 7) is 7.56. The van der Waals surface area contributed by atoms with E-state index in [1.165, 1.54) is 18.4 Å². The minimum Gasteiger partial charge on any atom is -0.474 e. The highest BCUT2D eigenvalue weighted by molar-refractivity contribution is 5.96. The summed E-state index contributed by atoms with van der Waals surface area (Å²) < 4.78 is 21.0. The molecule has 0 aliphatic carbocycles. The predicted molar refractivity (Wildman–Crippen MR) is 145 cm³/mol. The molecule has 9 heteroatoms. The van der Waals surface area contributed by atoms with Gasteiger partial charge in [0.1, 0.15) is 12.3 Å². The molecule has 1 atom stereocenters. The van der Waals surface area contributed by atoms with E-state index in [0.29, 0.717) is 53.1 Å². The number of likely N-dealkylation sites (tertiary alicyclic amines) is 1. The van der Waals surface area contributed by atoms with Crippen molar-refractivity contribution in [3.05, 3.63) is 59.7 Å². The van der Waals surface area contributed by atoms with Gasteiger partial charge in [0.2, 0.25) is 11.8 Å². The number of halogens is 1. The number of rotatable bonds is 5. The Labute approximate surface area is 215 Å². The van der Waals surface area contributed by atoms with Gasteiger partial charge in [0, 0.05) is 47.2 Å². The van der Waals surface area contributed by atoms with E-state index in [1.807, 2.05) is 6.92 Å². The SMILES string of the molecule is CCN1CCC[C@@H]1c1ccc(Nc2ncc3c(N)c(F)c(-c4cnc5c(c4C)NCCO5)cc3n2)cc1. The molecule has 0 unspecified atom stereocenters. The van der Waals surface area contributed by atoms with Crippen molar-refractivity contribution < 1.29 is 9.13 Å². The Morgan fingerprint density at radius 3 is 2.84 bits per heavy atom. The molecule has 1 fully saturated rings. The van der Waals surface area contributed by atoms with Crippen molar-refractivity contribution in [2.45, 2.75) is 32.7 Å². The van der Waals surface area contributed by atoms with Crippen LogP contribution in [0.3, 0.4) is 0 Å². The Hall–Kier alpha value is -3.98. The fraction of sp³-hybridized carbons (Fsp3) is 0.321. The molecule has 2 aromatic carbocycles. The zero-order valence-electron chi connectivity index (χ0n) is 21.0. The van der Waals surface area contributed by atoms with Crippen LogP contribution in [0.5, 0.6) is 5.88 Å². The number of aromatic nitrogens is 3. The van der Waals surface area contributed by atoms with Gasteiger partial charge in [-0.15, -0.1) is 0 Å². The van der Waals surface area contributed by atoms with Crippen LogP contribution in [0, 0.1) is 12.7 Å². The number of anilines is 4. The van der Waals surface area contributed by atoms with E-state index in [9.17, 15) is 0 Å². The second-order valence-electron chi connectivity index (χ2n) is 9.56. The first kappa shape index (κ1) is 23.4. The molecule has 37 heavy (non-hydrogen) atoms. The molecule has 0 spiro atoms. The summed E-state index contributed by atoms with van der Waals surface area (Å²) >= 11 is 0. The van der Waals surface area contributed by atoms with Gasteiger partial charge in [-0.1, -0.05) is 19.1 Å². The molecule has 1 saturated heterocycles. The number of hydrogen-bond acceptors (Lipinski definition) is 8. The van der Waals surface area contributed by atoms with E-state index < -0.39 is 5.82 Å². The summed E-state index contributed by atoms with van der Waals surface area (Å²) in [5.74, 6) is 0.433. The van der Waals surface area contributed by atoms with Gasteiger partial charge in [0.15, 0.2) is 5.82 Å². The standard InChI is InChI=1S/C28H30FN7O/c1-3-36-11-4-5-23(36)17-6-8-18(9-7-17)34-28-33-15-21-22(35-28)13-19(24(29)25(21)30)20-14-32-27-26(16(20)2)31-10-12-37-27/h6-9,13-15,23,31H,3-5,10-12,30H2,1-2H3,(H,33,34,35)/t23-/m1/s1. The lowest BCUT2D eigenvalue weighted by atomic mass is 9.98. The smallest absolute Gasteiger partial charge is 0.237 e. The highest BCUT2D eigenvalue weighted by Crippen LogP contribution is 2.39. The molecule has 0 radical (unpaired) electrons. The van der Waals surface area contributed by atoms with Crippen LogP contribution < -0.4 is 21.1 Å². The average Bonchev–Trinajstić information content (AvgIpc) is 3.41. The lowest BCUT2D eigenvalue weighted by molar-refractivity contribution is 0.271. The summed E-state index contributed by atoms with van der Waals surface area (Å²) in [5, 5.41) is 7.04.